The highest BCUT2D eigenvalue weighted by Crippen LogP contribution is 2.32. The Labute approximate surface area is 88.5 Å². The summed E-state index contributed by atoms with van der Waals surface area (Å²) in [6.07, 6.45) is 1.64. The molecule has 1 fully saturated rings. The van der Waals surface area contributed by atoms with Gasteiger partial charge in [-0.3, -0.25) is 0 Å². The quantitative estimate of drug-likeness (QED) is 0.816. The van der Waals surface area contributed by atoms with E-state index in [1.807, 2.05) is 0 Å². The van der Waals surface area contributed by atoms with Gasteiger partial charge in [0.15, 0.2) is 0 Å². The summed E-state index contributed by atoms with van der Waals surface area (Å²) in [4.78, 5) is 2.47. The molecule has 1 aromatic rings. The Hall–Kier alpha value is -0.380. The first-order valence-corrected chi connectivity index (χ1v) is 5.86. The van der Waals surface area contributed by atoms with E-state index < -0.39 is 6.10 Å². The third-order valence-corrected chi connectivity index (χ3v) is 3.70. The molecular formula is C11H16O2S. The lowest BCUT2D eigenvalue weighted by molar-refractivity contribution is -0.00266. The van der Waals surface area contributed by atoms with Gasteiger partial charge >= 0.3 is 0 Å². The van der Waals surface area contributed by atoms with E-state index >= 15 is 0 Å². The van der Waals surface area contributed by atoms with Crippen LogP contribution in [-0.2, 0) is 4.74 Å². The van der Waals surface area contributed by atoms with Gasteiger partial charge in [0.1, 0.15) is 6.10 Å². The molecule has 2 unspecified atom stereocenters. The van der Waals surface area contributed by atoms with Gasteiger partial charge in [0, 0.05) is 16.4 Å². The number of rotatable bonds is 2. The topological polar surface area (TPSA) is 29.5 Å². The Bertz CT molecular complexity index is 313. The van der Waals surface area contributed by atoms with Crippen molar-refractivity contribution in [3.8, 4) is 0 Å². The van der Waals surface area contributed by atoms with Gasteiger partial charge in [-0.1, -0.05) is 0 Å². The molecule has 2 heterocycles. The van der Waals surface area contributed by atoms with Crippen LogP contribution in [0.15, 0.2) is 6.07 Å². The van der Waals surface area contributed by atoms with Crippen molar-refractivity contribution in [2.24, 2.45) is 0 Å². The summed E-state index contributed by atoms with van der Waals surface area (Å²) in [5.74, 6) is 0. The van der Waals surface area contributed by atoms with Gasteiger partial charge in [-0.15, -0.1) is 11.3 Å². The summed E-state index contributed by atoms with van der Waals surface area (Å²) < 4.78 is 5.49. The maximum Gasteiger partial charge on any atom is 0.106 e. The molecule has 0 bridgehead atoms. The summed E-state index contributed by atoms with van der Waals surface area (Å²) in [7, 11) is 0. The van der Waals surface area contributed by atoms with Crippen molar-refractivity contribution in [2.75, 3.05) is 6.61 Å². The van der Waals surface area contributed by atoms with Gasteiger partial charge in [-0.25, -0.2) is 0 Å². The minimum atomic E-state index is -0.428. The number of aryl methyl sites for hydroxylation is 2. The zero-order chi connectivity index (χ0) is 10.1. The van der Waals surface area contributed by atoms with Crippen LogP contribution in [-0.4, -0.2) is 17.8 Å². The lowest BCUT2D eigenvalue weighted by Gasteiger charge is -2.17. The van der Waals surface area contributed by atoms with Crippen molar-refractivity contribution >= 4 is 11.3 Å². The SMILES string of the molecule is Cc1cc(C(O)C2CCCO2)c(C)s1. The first-order valence-electron chi connectivity index (χ1n) is 5.05. The molecule has 78 valence electrons. The van der Waals surface area contributed by atoms with E-state index in [-0.39, 0.29) is 6.10 Å². The summed E-state index contributed by atoms with van der Waals surface area (Å²) in [5.41, 5.74) is 1.06. The molecule has 0 aromatic carbocycles. The molecule has 2 atom stereocenters. The Balaban J connectivity index is 2.17. The van der Waals surface area contributed by atoms with Gasteiger partial charge in [-0.05, 0) is 38.3 Å². The molecule has 1 aliphatic rings. The van der Waals surface area contributed by atoms with Crippen molar-refractivity contribution in [3.05, 3.63) is 21.4 Å². The lowest BCUT2D eigenvalue weighted by atomic mass is 10.0. The summed E-state index contributed by atoms with van der Waals surface area (Å²) in [5, 5.41) is 10.1. The van der Waals surface area contributed by atoms with Gasteiger partial charge in [0.05, 0.1) is 6.10 Å². The molecule has 1 saturated heterocycles. The molecule has 1 aliphatic heterocycles. The highest BCUT2D eigenvalue weighted by Gasteiger charge is 2.27. The molecular weight excluding hydrogens is 196 g/mol. The fraction of sp³-hybridized carbons (Fsp3) is 0.636. The van der Waals surface area contributed by atoms with E-state index in [9.17, 15) is 5.11 Å². The lowest BCUT2D eigenvalue weighted by Crippen LogP contribution is -2.17. The monoisotopic (exact) mass is 212 g/mol. The molecule has 2 rings (SSSR count). The second-order valence-corrected chi connectivity index (χ2v) is 5.33. The number of aliphatic hydroxyl groups excluding tert-OH is 1. The van der Waals surface area contributed by atoms with E-state index in [2.05, 4.69) is 19.9 Å². The van der Waals surface area contributed by atoms with Crippen LogP contribution in [0.4, 0.5) is 0 Å². The van der Waals surface area contributed by atoms with Crippen molar-refractivity contribution < 1.29 is 9.84 Å². The number of hydrogen-bond donors (Lipinski definition) is 1. The fourth-order valence-electron chi connectivity index (χ4n) is 2.00. The fourth-order valence-corrected chi connectivity index (χ4v) is 2.96. The first kappa shape index (κ1) is 10.1. The van der Waals surface area contributed by atoms with E-state index in [4.69, 9.17) is 4.74 Å². The summed E-state index contributed by atoms with van der Waals surface area (Å²) in [6, 6.07) is 2.08. The molecule has 0 radical (unpaired) electrons. The molecule has 0 aliphatic carbocycles. The summed E-state index contributed by atoms with van der Waals surface area (Å²) in [6.45, 7) is 4.93. The minimum Gasteiger partial charge on any atom is -0.386 e. The van der Waals surface area contributed by atoms with Gasteiger partial charge in [0.2, 0.25) is 0 Å². The number of thiophene rings is 1. The average Bonchev–Trinajstić information content (AvgIpc) is 2.73. The minimum absolute atomic E-state index is 0.0164. The molecule has 1 N–H and O–H groups in total. The van der Waals surface area contributed by atoms with Crippen LogP contribution >= 0.6 is 11.3 Å². The smallest absolute Gasteiger partial charge is 0.106 e. The van der Waals surface area contributed by atoms with E-state index in [1.165, 1.54) is 9.75 Å². The molecule has 2 nitrogen and oxygen atoms in total. The van der Waals surface area contributed by atoms with E-state index in [0.717, 1.165) is 25.0 Å². The van der Waals surface area contributed by atoms with Crippen molar-refractivity contribution in [1.82, 2.24) is 0 Å². The highest BCUT2D eigenvalue weighted by atomic mass is 32.1. The molecule has 14 heavy (non-hydrogen) atoms. The second-order valence-electron chi connectivity index (χ2n) is 3.86. The van der Waals surface area contributed by atoms with Crippen LogP contribution in [0, 0.1) is 13.8 Å². The van der Waals surface area contributed by atoms with Crippen LogP contribution in [0.5, 0.6) is 0 Å². The Morgan fingerprint density at radius 3 is 2.86 bits per heavy atom. The standard InChI is InChI=1S/C11H16O2S/c1-7-6-9(8(2)14-7)11(12)10-4-3-5-13-10/h6,10-12H,3-5H2,1-2H3. The van der Waals surface area contributed by atoms with Crippen LogP contribution in [0.25, 0.3) is 0 Å². The van der Waals surface area contributed by atoms with Crippen LogP contribution in [0.1, 0.15) is 34.3 Å². The summed E-state index contributed by atoms with van der Waals surface area (Å²) >= 11 is 1.74. The average molecular weight is 212 g/mol. The number of hydrogen-bond acceptors (Lipinski definition) is 3. The third-order valence-electron chi connectivity index (χ3n) is 2.72. The molecule has 3 heteroatoms. The second kappa shape index (κ2) is 4.01. The largest absolute Gasteiger partial charge is 0.386 e. The predicted molar refractivity (Wildman–Crippen MR) is 57.7 cm³/mol. The Kier molecular flexibility index (Phi) is 2.91. The predicted octanol–water partition coefficient (Wildman–Crippen LogP) is 2.58. The van der Waals surface area contributed by atoms with Crippen LogP contribution < -0.4 is 0 Å². The van der Waals surface area contributed by atoms with E-state index in [1.54, 1.807) is 11.3 Å². The van der Waals surface area contributed by atoms with Crippen LogP contribution in [0.2, 0.25) is 0 Å². The van der Waals surface area contributed by atoms with Crippen molar-refractivity contribution in [2.45, 2.75) is 38.9 Å². The molecule has 1 aromatic heterocycles. The third kappa shape index (κ3) is 1.85. The molecule has 0 spiro atoms. The number of aliphatic hydroxyl groups is 1. The highest BCUT2D eigenvalue weighted by molar-refractivity contribution is 7.12. The van der Waals surface area contributed by atoms with Gasteiger partial charge < -0.3 is 9.84 Å². The zero-order valence-corrected chi connectivity index (χ0v) is 9.43. The van der Waals surface area contributed by atoms with Crippen LogP contribution in [0.3, 0.4) is 0 Å². The first-order chi connectivity index (χ1) is 6.68. The molecule has 0 saturated carbocycles. The Morgan fingerprint density at radius 1 is 1.57 bits per heavy atom. The normalized spacial score (nSPS) is 24.1. The molecule has 0 amide bonds. The van der Waals surface area contributed by atoms with Gasteiger partial charge in [-0.2, -0.15) is 0 Å². The van der Waals surface area contributed by atoms with Crippen molar-refractivity contribution in [3.63, 3.8) is 0 Å². The maximum absolute atomic E-state index is 10.1. The number of ether oxygens (including phenoxy) is 1. The maximum atomic E-state index is 10.1. The zero-order valence-electron chi connectivity index (χ0n) is 8.62. The Morgan fingerprint density at radius 2 is 2.36 bits per heavy atom. The van der Waals surface area contributed by atoms with E-state index in [0.29, 0.717) is 0 Å². The van der Waals surface area contributed by atoms with Crippen molar-refractivity contribution in [1.29, 1.82) is 0 Å². The van der Waals surface area contributed by atoms with Gasteiger partial charge in [0.25, 0.3) is 0 Å².